The van der Waals surface area contributed by atoms with Crippen LogP contribution in [0.2, 0.25) is 0 Å². The molecule has 0 saturated heterocycles. The summed E-state index contributed by atoms with van der Waals surface area (Å²) in [5, 5.41) is 36.3. The van der Waals surface area contributed by atoms with Gasteiger partial charge >= 0.3 is 29.3 Å². The van der Waals surface area contributed by atoms with Crippen molar-refractivity contribution in [3.63, 3.8) is 0 Å². The van der Waals surface area contributed by atoms with E-state index in [2.05, 4.69) is 0 Å². The fourth-order valence-electron chi connectivity index (χ4n) is 3.76. The van der Waals surface area contributed by atoms with Crippen LogP contribution in [0.4, 0.5) is 9.59 Å². The van der Waals surface area contributed by atoms with Gasteiger partial charge in [0.15, 0.2) is 0 Å². The Morgan fingerprint density at radius 1 is 0.700 bits per heavy atom. The van der Waals surface area contributed by atoms with Crippen molar-refractivity contribution in [3.05, 3.63) is 31.5 Å². The maximum Gasteiger partial charge on any atom is 0.409 e. The molecule has 230 valence electrons. The first-order chi connectivity index (χ1) is 19.2. The number of rotatable bonds is 19. The molecule has 1 unspecified atom stereocenters. The molecule has 1 aromatic rings. The smallest absolute Gasteiger partial charge is 0.409 e. The molecule has 2 amide bonds. The van der Waals surface area contributed by atoms with Gasteiger partial charge in [-0.3, -0.25) is 0 Å². The van der Waals surface area contributed by atoms with Gasteiger partial charge in [-0.05, 0) is 18.8 Å². The molecule has 1 rings (SSSR count). The van der Waals surface area contributed by atoms with Crippen molar-refractivity contribution in [3.8, 4) is 0 Å². The minimum absolute atomic E-state index is 0.0451. The Morgan fingerprint density at radius 3 is 1.38 bits per heavy atom. The highest BCUT2D eigenvalue weighted by molar-refractivity contribution is 5.67. The number of hydrogen-bond acceptors (Lipinski definition) is 11. The molecule has 0 aromatic carbocycles. The Balaban J connectivity index is 3.17. The van der Waals surface area contributed by atoms with Crippen molar-refractivity contribution < 1.29 is 39.5 Å². The zero-order chi connectivity index (χ0) is 30.1. The van der Waals surface area contributed by atoms with Gasteiger partial charge < -0.3 is 39.7 Å². The topological polar surface area (TPSA) is 206 Å². The summed E-state index contributed by atoms with van der Waals surface area (Å²) >= 11 is 0. The van der Waals surface area contributed by atoms with Gasteiger partial charge in [-0.2, -0.15) is 0 Å². The van der Waals surface area contributed by atoms with E-state index in [4.69, 9.17) is 29.9 Å². The molecule has 1 atom stereocenters. The quantitative estimate of drug-likeness (QED) is 0.139. The standard InChI is InChI=1S/C24H43N5O11/c1-3-19(2)5-4-6-27-20(34)28(11-17-39-23(37)25(7-13-30)8-14-31)22(36)29(21(27)35)12-18-40-24(38)26(9-15-32)10-16-33/h19,30-33H,3-18H2,1-2H3. The third kappa shape index (κ3) is 10.7. The molecule has 1 heterocycles. The van der Waals surface area contributed by atoms with Gasteiger partial charge in [0.05, 0.1) is 39.5 Å². The first-order valence-corrected chi connectivity index (χ1v) is 13.4. The van der Waals surface area contributed by atoms with E-state index >= 15 is 0 Å². The molecule has 1 aromatic heterocycles. The summed E-state index contributed by atoms with van der Waals surface area (Å²) in [5.74, 6) is 0.365. The van der Waals surface area contributed by atoms with Crippen molar-refractivity contribution in [2.45, 2.75) is 52.7 Å². The Hall–Kier alpha value is -3.21. The summed E-state index contributed by atoms with van der Waals surface area (Å²) in [6.07, 6.45) is 0.443. The Morgan fingerprint density at radius 2 is 1.05 bits per heavy atom. The van der Waals surface area contributed by atoms with Gasteiger partial charge in [0.2, 0.25) is 0 Å². The number of carbonyl (C=O) groups is 2. The van der Waals surface area contributed by atoms with Crippen LogP contribution in [0.5, 0.6) is 0 Å². The van der Waals surface area contributed by atoms with Crippen LogP contribution in [0.15, 0.2) is 14.4 Å². The molecule has 4 N–H and O–H groups in total. The van der Waals surface area contributed by atoms with Crippen molar-refractivity contribution in [2.24, 2.45) is 5.92 Å². The van der Waals surface area contributed by atoms with E-state index in [0.29, 0.717) is 12.3 Å². The van der Waals surface area contributed by atoms with Gasteiger partial charge in [0, 0.05) is 32.7 Å². The SMILES string of the molecule is CCC(C)CCCn1c(=O)n(CCOC(=O)N(CCO)CCO)c(=O)n(CCOC(=O)N(CCO)CCO)c1=O. The van der Waals surface area contributed by atoms with Gasteiger partial charge in [0.25, 0.3) is 0 Å². The van der Waals surface area contributed by atoms with Crippen LogP contribution in [0.25, 0.3) is 0 Å². The molecule has 0 aliphatic carbocycles. The third-order valence-corrected chi connectivity index (χ3v) is 6.24. The molecule has 16 nitrogen and oxygen atoms in total. The second-order valence-electron chi connectivity index (χ2n) is 9.06. The molecule has 0 bridgehead atoms. The predicted molar refractivity (Wildman–Crippen MR) is 142 cm³/mol. The molecule has 16 heteroatoms. The van der Waals surface area contributed by atoms with Crippen LogP contribution in [-0.4, -0.2) is 122 Å². The van der Waals surface area contributed by atoms with Crippen molar-refractivity contribution in [1.29, 1.82) is 0 Å². The van der Waals surface area contributed by atoms with Crippen molar-refractivity contribution >= 4 is 12.2 Å². The van der Waals surface area contributed by atoms with E-state index in [9.17, 15) is 24.0 Å². The van der Waals surface area contributed by atoms with Gasteiger partial charge in [-0.25, -0.2) is 37.7 Å². The number of nitrogens with zero attached hydrogens (tertiary/aromatic N) is 5. The van der Waals surface area contributed by atoms with E-state index in [1.807, 2.05) is 13.8 Å². The Bertz CT molecular complexity index is 1000. The molecule has 0 fully saturated rings. The number of hydrogen-bond donors (Lipinski definition) is 4. The van der Waals surface area contributed by atoms with Gasteiger partial charge in [-0.1, -0.05) is 20.3 Å². The summed E-state index contributed by atoms with van der Waals surface area (Å²) in [5.41, 5.74) is -2.73. The fourth-order valence-corrected chi connectivity index (χ4v) is 3.76. The van der Waals surface area contributed by atoms with Crippen LogP contribution in [0, 0.1) is 5.92 Å². The molecule has 0 spiro atoms. The van der Waals surface area contributed by atoms with E-state index in [0.717, 1.165) is 36.3 Å². The molecular formula is C24H43N5O11. The predicted octanol–water partition coefficient (Wildman–Crippen LogP) is -2.16. The summed E-state index contributed by atoms with van der Waals surface area (Å²) < 4.78 is 12.6. The average Bonchev–Trinajstić information content (AvgIpc) is 2.93. The number of amides is 2. The summed E-state index contributed by atoms with van der Waals surface area (Å²) in [6, 6.07) is 0. The summed E-state index contributed by atoms with van der Waals surface area (Å²) in [6.45, 7) is 0.790. The minimum Gasteiger partial charge on any atom is -0.448 e. The molecule has 0 aliphatic rings. The largest absolute Gasteiger partial charge is 0.448 e. The first-order valence-electron chi connectivity index (χ1n) is 13.4. The van der Waals surface area contributed by atoms with E-state index < -0.39 is 42.5 Å². The molecule has 0 radical (unpaired) electrons. The maximum absolute atomic E-state index is 13.1. The van der Waals surface area contributed by atoms with Crippen LogP contribution in [0.3, 0.4) is 0 Å². The molecule has 0 saturated carbocycles. The number of aliphatic hydroxyl groups is 4. The fraction of sp³-hybridized carbons (Fsp3) is 0.792. The second kappa shape index (κ2) is 19.0. The Labute approximate surface area is 231 Å². The lowest BCUT2D eigenvalue weighted by Gasteiger charge is -2.21. The van der Waals surface area contributed by atoms with Crippen molar-refractivity contribution in [2.75, 3.05) is 65.8 Å². The monoisotopic (exact) mass is 577 g/mol. The van der Waals surface area contributed by atoms with Crippen molar-refractivity contribution in [1.82, 2.24) is 23.5 Å². The summed E-state index contributed by atoms with van der Waals surface area (Å²) in [4.78, 5) is 65.9. The first kappa shape index (κ1) is 34.8. The van der Waals surface area contributed by atoms with Crippen LogP contribution < -0.4 is 17.1 Å². The lowest BCUT2D eigenvalue weighted by molar-refractivity contribution is 0.0810. The zero-order valence-corrected chi connectivity index (χ0v) is 23.3. The maximum atomic E-state index is 13.1. The molecule has 0 aliphatic heterocycles. The van der Waals surface area contributed by atoms with E-state index in [1.165, 1.54) is 0 Å². The Kier molecular flexibility index (Phi) is 16.5. The molecule has 40 heavy (non-hydrogen) atoms. The lowest BCUT2D eigenvalue weighted by atomic mass is 10.0. The van der Waals surface area contributed by atoms with Crippen LogP contribution in [0.1, 0.15) is 33.1 Å². The summed E-state index contributed by atoms with van der Waals surface area (Å²) in [7, 11) is 0. The highest BCUT2D eigenvalue weighted by atomic mass is 16.6. The second-order valence-corrected chi connectivity index (χ2v) is 9.06. The number of ether oxygens (including phenoxy) is 2. The van der Waals surface area contributed by atoms with Crippen LogP contribution >= 0.6 is 0 Å². The normalized spacial score (nSPS) is 11.8. The van der Waals surface area contributed by atoms with Crippen LogP contribution in [-0.2, 0) is 29.1 Å². The van der Waals surface area contributed by atoms with E-state index in [1.54, 1.807) is 0 Å². The number of aromatic nitrogens is 3. The lowest BCUT2D eigenvalue weighted by Crippen LogP contribution is -2.55. The minimum atomic E-state index is -0.981. The number of carbonyl (C=O) groups excluding carboxylic acids is 2. The molecular weight excluding hydrogens is 534 g/mol. The van der Waals surface area contributed by atoms with E-state index in [-0.39, 0.29) is 72.2 Å². The third-order valence-electron chi connectivity index (χ3n) is 6.24. The highest BCUT2D eigenvalue weighted by Gasteiger charge is 2.19. The zero-order valence-electron chi connectivity index (χ0n) is 23.3. The highest BCUT2D eigenvalue weighted by Crippen LogP contribution is 2.09. The number of aliphatic hydroxyl groups excluding tert-OH is 4. The van der Waals surface area contributed by atoms with Gasteiger partial charge in [0.1, 0.15) is 13.2 Å². The average molecular weight is 578 g/mol. The van der Waals surface area contributed by atoms with Gasteiger partial charge in [-0.15, -0.1) is 0 Å².